The molecule has 0 heterocycles. The molecule has 0 nitrogen and oxygen atoms in total. The highest BCUT2D eigenvalue weighted by molar-refractivity contribution is 5.42. The molecule has 0 spiro atoms. The molecule has 0 aromatic rings. The molecule has 13 heavy (non-hydrogen) atoms. The van der Waals surface area contributed by atoms with Crippen LogP contribution in [-0.2, 0) is 0 Å². The standard InChI is InChI=1S/C13H16/c1-2-6-12-10(4-1)8-9-11-5-3-7-13(11)12/h3,5,7,13H,1-2,4,6,8-9H2. The maximum atomic E-state index is 2.40. The summed E-state index contributed by atoms with van der Waals surface area (Å²) < 4.78 is 0. The molecule has 0 fully saturated rings. The lowest BCUT2D eigenvalue weighted by atomic mass is 9.74. The highest BCUT2D eigenvalue weighted by Crippen LogP contribution is 2.43. The van der Waals surface area contributed by atoms with E-state index < -0.39 is 0 Å². The Hall–Kier alpha value is -0.780. The molecule has 0 saturated carbocycles. The predicted molar refractivity (Wildman–Crippen MR) is 55.4 cm³/mol. The first-order chi connectivity index (χ1) is 6.45. The van der Waals surface area contributed by atoms with Gasteiger partial charge in [0, 0.05) is 5.92 Å². The number of hydrogen-bond donors (Lipinski definition) is 0. The van der Waals surface area contributed by atoms with Gasteiger partial charge >= 0.3 is 0 Å². The Morgan fingerprint density at radius 2 is 1.92 bits per heavy atom. The van der Waals surface area contributed by atoms with Gasteiger partial charge < -0.3 is 0 Å². The van der Waals surface area contributed by atoms with Crippen molar-refractivity contribution >= 4 is 0 Å². The zero-order chi connectivity index (χ0) is 8.67. The summed E-state index contributed by atoms with van der Waals surface area (Å²) in [5.74, 6) is 0.740. The molecule has 0 amide bonds. The van der Waals surface area contributed by atoms with Crippen LogP contribution in [0.1, 0.15) is 38.5 Å². The van der Waals surface area contributed by atoms with Gasteiger partial charge in [-0.15, -0.1) is 0 Å². The quantitative estimate of drug-likeness (QED) is 0.488. The van der Waals surface area contributed by atoms with E-state index in [1.807, 2.05) is 0 Å². The summed E-state index contributed by atoms with van der Waals surface area (Å²) in [6.45, 7) is 0. The minimum absolute atomic E-state index is 0.740. The van der Waals surface area contributed by atoms with Crippen LogP contribution in [0.25, 0.3) is 0 Å². The molecule has 0 aromatic carbocycles. The highest BCUT2D eigenvalue weighted by Gasteiger charge is 2.27. The minimum Gasteiger partial charge on any atom is -0.0733 e. The third-order valence-corrected chi connectivity index (χ3v) is 3.73. The summed E-state index contributed by atoms with van der Waals surface area (Å²) >= 11 is 0. The Labute approximate surface area is 80.0 Å². The SMILES string of the molecule is C1=CC2C(=C1)CCC1=C2CCCC1. The average molecular weight is 172 g/mol. The topological polar surface area (TPSA) is 0 Å². The second kappa shape index (κ2) is 2.87. The molecule has 0 aromatic heterocycles. The van der Waals surface area contributed by atoms with Crippen molar-refractivity contribution in [3.8, 4) is 0 Å². The second-order valence-electron chi connectivity index (χ2n) is 4.44. The zero-order valence-electron chi connectivity index (χ0n) is 8.05. The van der Waals surface area contributed by atoms with Crippen molar-refractivity contribution in [3.63, 3.8) is 0 Å². The fourth-order valence-corrected chi connectivity index (χ4v) is 3.04. The summed E-state index contributed by atoms with van der Waals surface area (Å²) in [6, 6.07) is 0. The Morgan fingerprint density at radius 1 is 1.00 bits per heavy atom. The molecule has 3 aliphatic rings. The Morgan fingerprint density at radius 3 is 2.92 bits per heavy atom. The van der Waals surface area contributed by atoms with Gasteiger partial charge in [0.1, 0.15) is 0 Å². The van der Waals surface area contributed by atoms with E-state index in [9.17, 15) is 0 Å². The first kappa shape index (κ1) is 7.61. The van der Waals surface area contributed by atoms with Crippen LogP contribution in [0.5, 0.6) is 0 Å². The number of hydrogen-bond acceptors (Lipinski definition) is 0. The van der Waals surface area contributed by atoms with E-state index in [0.717, 1.165) is 5.92 Å². The molecule has 3 rings (SSSR count). The lowest BCUT2D eigenvalue weighted by Crippen LogP contribution is -2.14. The maximum Gasteiger partial charge on any atom is 0.0196 e. The molecular weight excluding hydrogens is 156 g/mol. The first-order valence-electron chi connectivity index (χ1n) is 5.53. The fraction of sp³-hybridized carbons (Fsp3) is 0.538. The molecule has 0 saturated heterocycles. The third kappa shape index (κ3) is 1.12. The van der Waals surface area contributed by atoms with Gasteiger partial charge in [-0.25, -0.2) is 0 Å². The van der Waals surface area contributed by atoms with Gasteiger partial charge in [0.05, 0.1) is 0 Å². The molecule has 68 valence electrons. The van der Waals surface area contributed by atoms with Crippen molar-refractivity contribution < 1.29 is 0 Å². The van der Waals surface area contributed by atoms with Crippen LogP contribution in [0.4, 0.5) is 0 Å². The lowest BCUT2D eigenvalue weighted by Gasteiger charge is -2.31. The first-order valence-corrected chi connectivity index (χ1v) is 5.53. The van der Waals surface area contributed by atoms with Gasteiger partial charge in [-0.1, -0.05) is 34.9 Å². The van der Waals surface area contributed by atoms with Crippen LogP contribution in [0.2, 0.25) is 0 Å². The van der Waals surface area contributed by atoms with Crippen molar-refractivity contribution in [2.75, 3.05) is 0 Å². The zero-order valence-corrected chi connectivity index (χ0v) is 8.05. The molecule has 1 unspecified atom stereocenters. The van der Waals surface area contributed by atoms with Gasteiger partial charge in [0.15, 0.2) is 0 Å². The molecule has 3 aliphatic carbocycles. The number of fused-ring (bicyclic) bond motifs is 2. The molecule has 0 N–H and O–H groups in total. The van der Waals surface area contributed by atoms with E-state index in [0.29, 0.717) is 0 Å². The lowest BCUT2D eigenvalue weighted by molar-refractivity contribution is 0.574. The van der Waals surface area contributed by atoms with E-state index in [1.54, 1.807) is 16.7 Å². The molecule has 1 atom stereocenters. The fourth-order valence-electron chi connectivity index (χ4n) is 3.04. The summed E-state index contributed by atoms with van der Waals surface area (Å²) in [6.07, 6.45) is 15.3. The monoisotopic (exact) mass is 172 g/mol. The maximum absolute atomic E-state index is 2.40. The summed E-state index contributed by atoms with van der Waals surface area (Å²) in [5.41, 5.74) is 5.28. The van der Waals surface area contributed by atoms with Crippen LogP contribution in [0.3, 0.4) is 0 Å². The molecule has 0 bridgehead atoms. The largest absolute Gasteiger partial charge is 0.0733 e. The Kier molecular flexibility index (Phi) is 1.68. The van der Waals surface area contributed by atoms with Crippen molar-refractivity contribution in [1.82, 2.24) is 0 Å². The van der Waals surface area contributed by atoms with Crippen LogP contribution >= 0.6 is 0 Å². The number of rotatable bonds is 0. The molecule has 0 radical (unpaired) electrons. The van der Waals surface area contributed by atoms with Gasteiger partial charge in [-0.2, -0.15) is 0 Å². The van der Waals surface area contributed by atoms with E-state index in [2.05, 4.69) is 18.2 Å². The Bertz CT molecular complexity index is 315. The van der Waals surface area contributed by atoms with Crippen molar-refractivity contribution in [1.29, 1.82) is 0 Å². The van der Waals surface area contributed by atoms with Gasteiger partial charge in [0.2, 0.25) is 0 Å². The van der Waals surface area contributed by atoms with Gasteiger partial charge in [0.25, 0.3) is 0 Å². The van der Waals surface area contributed by atoms with Crippen LogP contribution < -0.4 is 0 Å². The predicted octanol–water partition coefficient (Wildman–Crippen LogP) is 3.76. The van der Waals surface area contributed by atoms with Gasteiger partial charge in [-0.05, 0) is 38.5 Å². The van der Waals surface area contributed by atoms with Crippen LogP contribution in [0.15, 0.2) is 34.9 Å². The van der Waals surface area contributed by atoms with E-state index in [-0.39, 0.29) is 0 Å². The normalized spacial score (nSPS) is 31.4. The second-order valence-corrected chi connectivity index (χ2v) is 4.44. The van der Waals surface area contributed by atoms with Crippen LogP contribution in [-0.4, -0.2) is 0 Å². The summed E-state index contributed by atoms with van der Waals surface area (Å²) in [4.78, 5) is 0. The molecule has 0 heteroatoms. The van der Waals surface area contributed by atoms with Crippen molar-refractivity contribution in [2.24, 2.45) is 5.92 Å². The smallest absolute Gasteiger partial charge is 0.0196 e. The summed E-state index contributed by atoms with van der Waals surface area (Å²) in [5, 5.41) is 0. The Balaban J connectivity index is 2.01. The summed E-state index contributed by atoms with van der Waals surface area (Å²) in [7, 11) is 0. The third-order valence-electron chi connectivity index (χ3n) is 3.73. The van der Waals surface area contributed by atoms with Crippen molar-refractivity contribution in [3.05, 3.63) is 34.9 Å². The van der Waals surface area contributed by atoms with E-state index in [4.69, 9.17) is 0 Å². The van der Waals surface area contributed by atoms with E-state index in [1.165, 1.54) is 38.5 Å². The van der Waals surface area contributed by atoms with Crippen LogP contribution in [0, 0.1) is 5.92 Å². The highest BCUT2D eigenvalue weighted by atomic mass is 14.3. The molecule has 0 aliphatic heterocycles. The average Bonchev–Trinajstić information content (AvgIpc) is 2.65. The molecular formula is C13H16. The minimum atomic E-state index is 0.740. The van der Waals surface area contributed by atoms with Gasteiger partial charge in [-0.3, -0.25) is 0 Å². The van der Waals surface area contributed by atoms with Crippen molar-refractivity contribution in [2.45, 2.75) is 38.5 Å². The van der Waals surface area contributed by atoms with E-state index >= 15 is 0 Å². The number of allylic oxidation sites excluding steroid dienone is 6.